The normalized spacial score (nSPS) is 9.90. The summed E-state index contributed by atoms with van der Waals surface area (Å²) < 4.78 is 0.497. The maximum absolute atomic E-state index is 11.5. The molecule has 39 heavy (non-hydrogen) atoms. The molecule has 194 valence electrons. The zero-order valence-electron chi connectivity index (χ0n) is 20.2. The van der Waals surface area contributed by atoms with Crippen molar-refractivity contribution in [2.24, 2.45) is 5.73 Å². The predicted octanol–water partition coefficient (Wildman–Crippen LogP) is 8.96. The lowest BCUT2D eigenvalue weighted by atomic mass is 10.1. The highest BCUT2D eigenvalue weighted by Gasteiger charge is 2.11. The van der Waals surface area contributed by atoms with Crippen LogP contribution in [0.5, 0.6) is 0 Å². The Bertz CT molecular complexity index is 1650. The largest absolute Gasteiger partial charge is 0.392 e. The van der Waals surface area contributed by atoms with Crippen LogP contribution in [0.1, 0.15) is 26.5 Å². The number of rotatable bonds is 6. The van der Waals surface area contributed by atoms with Crippen molar-refractivity contribution in [2.75, 3.05) is 0 Å². The molecule has 0 saturated carbocycles. The lowest BCUT2D eigenvalue weighted by Gasteiger charge is -2.05. The Morgan fingerprint density at radius 1 is 0.949 bits per heavy atom. The Morgan fingerprint density at radius 2 is 1.59 bits per heavy atom. The Hall–Kier alpha value is -3.55. The zero-order valence-corrected chi connectivity index (χ0v) is 25.1. The van der Waals surface area contributed by atoms with Gasteiger partial charge in [0.1, 0.15) is 10.7 Å². The number of thiocarbonyl (C=S) groups is 1. The van der Waals surface area contributed by atoms with Crippen molar-refractivity contribution in [1.82, 2.24) is 4.98 Å². The van der Waals surface area contributed by atoms with Gasteiger partial charge in [-0.1, -0.05) is 48.7 Å². The molecule has 0 aliphatic rings. The van der Waals surface area contributed by atoms with Crippen molar-refractivity contribution in [1.29, 1.82) is 10.5 Å². The Morgan fingerprint density at radius 3 is 2.10 bits per heavy atom. The number of nitriles is 2. The number of aromatic nitrogens is 1. The van der Waals surface area contributed by atoms with Gasteiger partial charge in [0.2, 0.25) is 0 Å². The number of allylic oxidation sites excluding steroid dienone is 1. The van der Waals surface area contributed by atoms with Crippen LogP contribution in [-0.4, -0.2) is 15.8 Å². The average Bonchev–Trinajstić information content (AvgIpc) is 3.75. The fourth-order valence-corrected chi connectivity index (χ4v) is 6.02. The summed E-state index contributed by atoms with van der Waals surface area (Å²) in [4.78, 5) is 19.0. The van der Waals surface area contributed by atoms with Crippen molar-refractivity contribution in [3.05, 3.63) is 102 Å². The number of carbonyl (C=O) groups excluding carboxylic acids is 1. The third-order valence-corrected chi connectivity index (χ3v) is 8.66. The van der Waals surface area contributed by atoms with E-state index in [0.717, 1.165) is 30.8 Å². The first-order valence-corrected chi connectivity index (χ1v) is 15.5. The lowest BCUT2D eigenvalue weighted by molar-refractivity contribution is 0.105. The number of aromatic amines is 1. The molecule has 0 aromatic carbocycles. The predicted molar refractivity (Wildman–Crippen MR) is 172 cm³/mol. The monoisotopic (exact) mass is 620 g/mol. The third-order valence-electron chi connectivity index (χ3n) is 4.68. The van der Waals surface area contributed by atoms with Gasteiger partial charge in [-0.15, -0.1) is 45.3 Å². The van der Waals surface area contributed by atoms with Crippen LogP contribution in [0, 0.1) is 27.3 Å². The molecule has 0 fully saturated rings. The smallest absolute Gasteiger partial charge is 0.195 e. The molecule has 5 rings (SSSR count). The number of thiophene rings is 4. The number of nitrogens with two attached hydrogens (primary N) is 1. The first-order chi connectivity index (χ1) is 18.9. The molecular weight excluding hydrogens is 601 g/mol. The molecule has 0 spiro atoms. The summed E-state index contributed by atoms with van der Waals surface area (Å²) in [7, 11) is 0. The van der Waals surface area contributed by atoms with Gasteiger partial charge < -0.3 is 10.7 Å². The van der Waals surface area contributed by atoms with Gasteiger partial charge in [-0.05, 0) is 64.0 Å². The minimum atomic E-state index is 0.0772. The Kier molecular flexibility index (Phi) is 12.1. The van der Waals surface area contributed by atoms with Gasteiger partial charge in [-0.3, -0.25) is 4.79 Å². The summed E-state index contributed by atoms with van der Waals surface area (Å²) >= 11 is 16.0. The maximum Gasteiger partial charge on any atom is 0.195 e. The molecule has 0 aliphatic carbocycles. The van der Waals surface area contributed by atoms with E-state index in [-0.39, 0.29) is 17.2 Å². The van der Waals surface area contributed by atoms with E-state index >= 15 is 0 Å². The van der Waals surface area contributed by atoms with Crippen molar-refractivity contribution in [2.45, 2.75) is 6.42 Å². The van der Waals surface area contributed by atoms with Gasteiger partial charge in [-0.2, -0.15) is 10.5 Å². The van der Waals surface area contributed by atoms with E-state index < -0.39 is 0 Å². The average molecular weight is 621 g/mol. The van der Waals surface area contributed by atoms with E-state index in [1.54, 1.807) is 46.2 Å². The second-order valence-electron chi connectivity index (χ2n) is 7.36. The first-order valence-electron chi connectivity index (χ1n) is 11.1. The van der Waals surface area contributed by atoms with Crippen LogP contribution in [-0.2, 0) is 0 Å². The molecule has 0 saturated heterocycles. The van der Waals surface area contributed by atoms with Crippen LogP contribution in [0.2, 0.25) is 0 Å². The van der Waals surface area contributed by atoms with Gasteiger partial charge in [0.15, 0.2) is 5.78 Å². The number of hydrogen-bond acceptors (Lipinski definition) is 9. The summed E-state index contributed by atoms with van der Waals surface area (Å²) in [5.74, 6) is 0.0772. The number of carbonyl (C=O) groups is 1. The molecule has 5 heterocycles. The molecule has 0 amide bonds. The molecule has 5 nitrogen and oxygen atoms in total. The second-order valence-corrected chi connectivity index (χ2v) is 12.1. The summed E-state index contributed by atoms with van der Waals surface area (Å²) in [6.07, 6.45) is 3.67. The molecule has 3 N–H and O–H groups in total. The minimum absolute atomic E-state index is 0.0772. The fraction of sp³-hybridized carbons (Fsp3) is 0.0357. The van der Waals surface area contributed by atoms with Gasteiger partial charge in [0.05, 0.1) is 38.5 Å². The standard InChI is InChI=1S/C14H8N2S3.C11H8OS2.C3H4N2S/c15-8-10-9(12-3-1-5-18-12)7-11(16-14(10)17)13-4-2-6-19-13;12-10(11-4-2-8-14-11)6-5-9-3-1-7-13-9;4-2-1-3(5)6/h1-7H,(H,16,17);1-8H;1H2,(H2,5,6)/b;6-5+;. The van der Waals surface area contributed by atoms with Crippen LogP contribution >= 0.6 is 69.8 Å². The van der Waals surface area contributed by atoms with E-state index in [9.17, 15) is 10.1 Å². The van der Waals surface area contributed by atoms with E-state index in [1.807, 2.05) is 82.2 Å². The van der Waals surface area contributed by atoms with Crippen molar-refractivity contribution < 1.29 is 4.79 Å². The molecule has 0 unspecified atom stereocenters. The number of ketones is 1. The highest BCUT2D eigenvalue weighted by Crippen LogP contribution is 2.32. The molecular formula is C28H20N4OS6. The molecule has 11 heteroatoms. The summed E-state index contributed by atoms with van der Waals surface area (Å²) in [5, 5.41) is 25.0. The molecule has 0 radical (unpaired) electrons. The number of nitrogens with one attached hydrogen (secondary N) is 1. The zero-order chi connectivity index (χ0) is 28.0. The van der Waals surface area contributed by atoms with Gasteiger partial charge >= 0.3 is 0 Å². The van der Waals surface area contributed by atoms with E-state index in [0.29, 0.717) is 10.2 Å². The van der Waals surface area contributed by atoms with Gasteiger partial charge in [-0.25, -0.2) is 0 Å². The quantitative estimate of drug-likeness (QED) is 0.111. The van der Waals surface area contributed by atoms with Crippen LogP contribution < -0.4 is 5.73 Å². The number of nitrogens with zero attached hydrogens (tertiary/aromatic N) is 2. The SMILES string of the molecule is N#CCC(N)=S.N#Cc1c(-c2cccs2)cc(-c2cccs2)[nH]c1=S.O=C(/C=C/c1cccs1)c1cccs1. The highest BCUT2D eigenvalue weighted by molar-refractivity contribution is 7.80. The van der Waals surface area contributed by atoms with Gasteiger partial charge in [0, 0.05) is 15.3 Å². The van der Waals surface area contributed by atoms with Crippen molar-refractivity contribution in [3.8, 4) is 33.2 Å². The topological polar surface area (TPSA) is 106 Å². The molecule has 5 aromatic rings. The number of pyridine rings is 1. The van der Waals surface area contributed by atoms with Crippen LogP contribution in [0.25, 0.3) is 27.1 Å². The number of hydrogen-bond donors (Lipinski definition) is 2. The van der Waals surface area contributed by atoms with Crippen LogP contribution in [0.15, 0.2) is 82.2 Å². The minimum Gasteiger partial charge on any atom is -0.392 e. The Balaban J connectivity index is 0.000000185. The van der Waals surface area contributed by atoms with E-state index in [2.05, 4.69) is 23.3 Å². The third kappa shape index (κ3) is 9.30. The fourth-order valence-electron chi connectivity index (χ4n) is 2.98. The van der Waals surface area contributed by atoms with Crippen LogP contribution in [0.3, 0.4) is 0 Å². The summed E-state index contributed by atoms with van der Waals surface area (Å²) in [6, 6.07) is 21.7. The molecule has 0 atom stereocenters. The molecule has 5 aromatic heterocycles. The molecule has 0 bridgehead atoms. The highest BCUT2D eigenvalue weighted by atomic mass is 32.1. The maximum atomic E-state index is 11.5. The van der Waals surface area contributed by atoms with E-state index in [4.69, 9.17) is 23.2 Å². The van der Waals surface area contributed by atoms with Crippen molar-refractivity contribution in [3.63, 3.8) is 0 Å². The second kappa shape index (κ2) is 15.8. The van der Waals surface area contributed by atoms with Gasteiger partial charge in [0.25, 0.3) is 0 Å². The molecule has 0 aliphatic heterocycles. The first kappa shape index (κ1) is 30.0. The lowest BCUT2D eigenvalue weighted by Crippen LogP contribution is -2.04. The Labute approximate surface area is 252 Å². The van der Waals surface area contributed by atoms with Crippen LogP contribution in [0.4, 0.5) is 0 Å². The summed E-state index contributed by atoms with van der Waals surface area (Å²) in [5.41, 5.74) is 7.32. The number of H-pyrrole nitrogens is 1. The van der Waals surface area contributed by atoms with E-state index in [1.165, 1.54) is 11.3 Å². The summed E-state index contributed by atoms with van der Waals surface area (Å²) in [6.45, 7) is 0. The van der Waals surface area contributed by atoms with Crippen molar-refractivity contribution >= 4 is 86.6 Å².